The third-order valence-corrected chi connectivity index (χ3v) is 2.73. The summed E-state index contributed by atoms with van der Waals surface area (Å²) >= 11 is 0. The molecule has 2 aromatic rings. The molecule has 1 aromatic carbocycles. The van der Waals surface area contributed by atoms with Crippen LogP contribution >= 0.6 is 0 Å². The Hall–Kier alpha value is -1.83. The molecule has 82 valence electrons. The minimum Gasteiger partial charge on any atom is -0.367 e. The van der Waals surface area contributed by atoms with Crippen LogP contribution in [0.15, 0.2) is 47.5 Å². The number of aryl methyl sites for hydroxylation is 1. The van der Waals surface area contributed by atoms with Gasteiger partial charge in [0.25, 0.3) is 0 Å². The third-order valence-electron chi connectivity index (χ3n) is 2.73. The van der Waals surface area contributed by atoms with E-state index in [2.05, 4.69) is 36.2 Å². The van der Waals surface area contributed by atoms with Crippen LogP contribution in [0.5, 0.6) is 0 Å². The first-order valence-electron chi connectivity index (χ1n) is 5.53. The number of aromatic nitrogens is 1. The molecule has 16 heavy (non-hydrogen) atoms. The maximum absolute atomic E-state index is 11.5. The summed E-state index contributed by atoms with van der Waals surface area (Å²) in [7, 11) is 0. The van der Waals surface area contributed by atoms with Gasteiger partial charge in [-0.2, -0.15) is 0 Å². The Morgan fingerprint density at radius 1 is 1.06 bits per heavy atom. The maximum Gasteiger partial charge on any atom is 0.185 e. The number of aromatic amines is 1. The molecule has 2 rings (SSSR count). The van der Waals surface area contributed by atoms with E-state index in [-0.39, 0.29) is 5.43 Å². The Bertz CT molecular complexity index is 511. The van der Waals surface area contributed by atoms with Crippen LogP contribution in [0.25, 0.3) is 0 Å². The average molecular weight is 213 g/mol. The zero-order valence-corrected chi connectivity index (χ0v) is 9.36. The van der Waals surface area contributed by atoms with E-state index in [9.17, 15) is 4.79 Å². The van der Waals surface area contributed by atoms with Crippen LogP contribution in [-0.2, 0) is 12.8 Å². The van der Waals surface area contributed by atoms with E-state index < -0.39 is 0 Å². The molecule has 0 fully saturated rings. The molecule has 0 aliphatic carbocycles. The van der Waals surface area contributed by atoms with E-state index in [1.165, 1.54) is 11.1 Å². The molecular formula is C14H15NO. The van der Waals surface area contributed by atoms with Crippen molar-refractivity contribution in [2.45, 2.75) is 19.8 Å². The topological polar surface area (TPSA) is 32.9 Å². The number of pyridine rings is 1. The largest absolute Gasteiger partial charge is 0.367 e. The van der Waals surface area contributed by atoms with Crippen molar-refractivity contribution in [2.24, 2.45) is 0 Å². The second-order valence-corrected chi connectivity index (χ2v) is 3.88. The summed E-state index contributed by atoms with van der Waals surface area (Å²) in [5.74, 6) is 0. The number of hydrogen-bond donors (Lipinski definition) is 1. The lowest BCUT2D eigenvalue weighted by molar-refractivity contribution is 1.10. The molecule has 0 bridgehead atoms. The summed E-state index contributed by atoms with van der Waals surface area (Å²) in [4.78, 5) is 14.5. The highest BCUT2D eigenvalue weighted by Gasteiger charge is 2.00. The standard InChI is InChI=1S/C14H15NO/c1-2-11-3-5-12(6-4-11)9-13-10-15-8-7-14(13)16/h3-8,10H,2,9H2,1H3,(H,15,16). The van der Waals surface area contributed by atoms with Crippen LogP contribution in [0, 0.1) is 0 Å². The molecule has 1 heterocycles. The fourth-order valence-corrected chi connectivity index (χ4v) is 1.70. The van der Waals surface area contributed by atoms with Crippen molar-refractivity contribution >= 4 is 0 Å². The van der Waals surface area contributed by atoms with E-state index in [1.807, 2.05) is 0 Å². The highest BCUT2D eigenvalue weighted by Crippen LogP contribution is 2.08. The Kier molecular flexibility index (Phi) is 3.20. The van der Waals surface area contributed by atoms with Crippen molar-refractivity contribution in [1.82, 2.24) is 4.98 Å². The van der Waals surface area contributed by atoms with E-state index in [1.54, 1.807) is 18.5 Å². The fraction of sp³-hybridized carbons (Fsp3) is 0.214. The lowest BCUT2D eigenvalue weighted by Crippen LogP contribution is -2.07. The van der Waals surface area contributed by atoms with Crippen LogP contribution < -0.4 is 5.43 Å². The SMILES string of the molecule is CCc1ccc(Cc2c[nH]ccc2=O)cc1. The molecule has 2 nitrogen and oxygen atoms in total. The lowest BCUT2D eigenvalue weighted by Gasteiger charge is -2.02. The highest BCUT2D eigenvalue weighted by molar-refractivity contribution is 5.27. The van der Waals surface area contributed by atoms with E-state index >= 15 is 0 Å². The minimum absolute atomic E-state index is 0.0957. The van der Waals surface area contributed by atoms with Crippen molar-refractivity contribution in [3.05, 3.63) is 69.6 Å². The summed E-state index contributed by atoms with van der Waals surface area (Å²) in [6.07, 6.45) is 5.18. The fourth-order valence-electron chi connectivity index (χ4n) is 1.70. The molecule has 0 atom stereocenters. The second-order valence-electron chi connectivity index (χ2n) is 3.88. The summed E-state index contributed by atoms with van der Waals surface area (Å²) in [5.41, 5.74) is 3.41. The first-order chi connectivity index (χ1) is 7.79. The predicted octanol–water partition coefficient (Wildman–Crippen LogP) is 2.53. The quantitative estimate of drug-likeness (QED) is 0.835. The Morgan fingerprint density at radius 3 is 2.38 bits per heavy atom. The van der Waals surface area contributed by atoms with Gasteiger partial charge in [-0.3, -0.25) is 4.79 Å². The van der Waals surface area contributed by atoms with Crippen LogP contribution in [0.3, 0.4) is 0 Å². The molecule has 0 unspecified atom stereocenters. The van der Waals surface area contributed by atoms with Crippen molar-refractivity contribution in [1.29, 1.82) is 0 Å². The van der Waals surface area contributed by atoms with E-state index in [0.29, 0.717) is 6.42 Å². The van der Waals surface area contributed by atoms with Gasteiger partial charge in [-0.25, -0.2) is 0 Å². The monoisotopic (exact) mass is 213 g/mol. The normalized spacial score (nSPS) is 10.3. The zero-order chi connectivity index (χ0) is 11.4. The van der Waals surface area contributed by atoms with Crippen LogP contribution in [0.4, 0.5) is 0 Å². The van der Waals surface area contributed by atoms with Gasteiger partial charge in [0.1, 0.15) is 0 Å². The van der Waals surface area contributed by atoms with Gasteiger partial charge in [0.05, 0.1) is 0 Å². The van der Waals surface area contributed by atoms with Gasteiger partial charge >= 0.3 is 0 Å². The molecule has 0 spiro atoms. The first kappa shape index (κ1) is 10.7. The summed E-state index contributed by atoms with van der Waals surface area (Å²) in [6.45, 7) is 2.14. The van der Waals surface area contributed by atoms with Crippen LogP contribution in [0.2, 0.25) is 0 Å². The Labute approximate surface area is 95.0 Å². The number of rotatable bonds is 3. The van der Waals surface area contributed by atoms with Gasteiger partial charge in [-0.05, 0) is 17.5 Å². The van der Waals surface area contributed by atoms with Gasteiger partial charge in [-0.15, -0.1) is 0 Å². The average Bonchev–Trinajstić information content (AvgIpc) is 2.33. The second kappa shape index (κ2) is 4.79. The number of benzene rings is 1. The first-order valence-corrected chi connectivity index (χ1v) is 5.53. The van der Waals surface area contributed by atoms with Gasteiger partial charge in [0, 0.05) is 30.4 Å². The smallest absolute Gasteiger partial charge is 0.185 e. The molecule has 0 saturated heterocycles. The summed E-state index contributed by atoms with van der Waals surface area (Å²) < 4.78 is 0. The van der Waals surface area contributed by atoms with Crippen molar-refractivity contribution in [2.75, 3.05) is 0 Å². The molecular weight excluding hydrogens is 198 g/mol. The van der Waals surface area contributed by atoms with Crippen molar-refractivity contribution in [3.63, 3.8) is 0 Å². The molecule has 0 amide bonds. The van der Waals surface area contributed by atoms with Crippen LogP contribution in [0.1, 0.15) is 23.6 Å². The van der Waals surface area contributed by atoms with Gasteiger partial charge in [-0.1, -0.05) is 31.2 Å². The predicted molar refractivity (Wildman–Crippen MR) is 65.7 cm³/mol. The molecule has 0 aliphatic rings. The Balaban J connectivity index is 2.21. The molecule has 0 radical (unpaired) electrons. The summed E-state index contributed by atoms with van der Waals surface area (Å²) in [5, 5.41) is 0. The molecule has 0 saturated carbocycles. The summed E-state index contributed by atoms with van der Waals surface area (Å²) in [6, 6.07) is 9.98. The van der Waals surface area contributed by atoms with E-state index in [4.69, 9.17) is 0 Å². The van der Waals surface area contributed by atoms with Crippen molar-refractivity contribution < 1.29 is 0 Å². The maximum atomic E-state index is 11.5. The van der Waals surface area contributed by atoms with Gasteiger partial charge in [0.15, 0.2) is 5.43 Å². The zero-order valence-electron chi connectivity index (χ0n) is 9.36. The van der Waals surface area contributed by atoms with Gasteiger partial charge in [0.2, 0.25) is 0 Å². The van der Waals surface area contributed by atoms with Gasteiger partial charge < -0.3 is 4.98 Å². The third kappa shape index (κ3) is 2.40. The molecule has 1 N–H and O–H groups in total. The van der Waals surface area contributed by atoms with Crippen LogP contribution in [-0.4, -0.2) is 4.98 Å². The minimum atomic E-state index is 0.0957. The highest BCUT2D eigenvalue weighted by atomic mass is 16.1. The Morgan fingerprint density at radius 2 is 1.75 bits per heavy atom. The number of H-pyrrole nitrogens is 1. The van der Waals surface area contributed by atoms with E-state index in [0.717, 1.165) is 12.0 Å². The molecule has 1 aromatic heterocycles. The molecule has 2 heteroatoms. The molecule has 0 aliphatic heterocycles. The lowest BCUT2D eigenvalue weighted by atomic mass is 10.0. The number of hydrogen-bond acceptors (Lipinski definition) is 1. The van der Waals surface area contributed by atoms with Crippen molar-refractivity contribution in [3.8, 4) is 0 Å². The number of nitrogens with one attached hydrogen (secondary N) is 1.